The first-order chi connectivity index (χ1) is 7.65. The van der Waals surface area contributed by atoms with Gasteiger partial charge in [0.05, 0.1) is 0 Å². The van der Waals surface area contributed by atoms with E-state index < -0.39 is 0 Å². The maximum absolute atomic E-state index is 5.65. The second kappa shape index (κ2) is 4.27. The number of hydrogen-bond acceptors (Lipinski definition) is 2. The summed E-state index contributed by atoms with van der Waals surface area (Å²) in [5, 5.41) is 3.38. The topological polar surface area (TPSA) is 38.0 Å². The second-order valence-corrected chi connectivity index (χ2v) is 4.07. The van der Waals surface area contributed by atoms with Gasteiger partial charge < -0.3 is 11.1 Å². The third-order valence-corrected chi connectivity index (χ3v) is 2.58. The molecule has 0 saturated carbocycles. The monoisotopic (exact) mass is 212 g/mol. The largest absolute Gasteiger partial charge is 0.399 e. The van der Waals surface area contributed by atoms with E-state index in [0.29, 0.717) is 0 Å². The van der Waals surface area contributed by atoms with E-state index in [1.807, 2.05) is 24.3 Å². The quantitative estimate of drug-likeness (QED) is 0.746. The zero-order valence-corrected chi connectivity index (χ0v) is 9.62. The number of benzene rings is 2. The van der Waals surface area contributed by atoms with Gasteiger partial charge in [0.2, 0.25) is 0 Å². The van der Waals surface area contributed by atoms with E-state index in [9.17, 15) is 0 Å². The number of anilines is 3. The van der Waals surface area contributed by atoms with Crippen LogP contribution in [-0.4, -0.2) is 0 Å². The van der Waals surface area contributed by atoms with Crippen LogP contribution < -0.4 is 11.1 Å². The first-order valence-corrected chi connectivity index (χ1v) is 5.35. The molecule has 16 heavy (non-hydrogen) atoms. The molecule has 2 heteroatoms. The van der Waals surface area contributed by atoms with Gasteiger partial charge in [0.1, 0.15) is 0 Å². The number of nitrogen functional groups attached to an aromatic ring is 1. The zero-order chi connectivity index (χ0) is 11.5. The normalized spacial score (nSPS) is 10.1. The minimum Gasteiger partial charge on any atom is -0.399 e. The molecule has 0 atom stereocenters. The molecule has 0 fully saturated rings. The average molecular weight is 212 g/mol. The minimum absolute atomic E-state index is 0.784. The van der Waals surface area contributed by atoms with Crippen molar-refractivity contribution in [3.63, 3.8) is 0 Å². The van der Waals surface area contributed by atoms with Gasteiger partial charge in [-0.2, -0.15) is 0 Å². The molecule has 0 unspecified atom stereocenters. The Labute approximate surface area is 96.1 Å². The van der Waals surface area contributed by atoms with E-state index in [-0.39, 0.29) is 0 Å². The van der Waals surface area contributed by atoms with E-state index in [2.05, 4.69) is 37.4 Å². The summed E-state index contributed by atoms with van der Waals surface area (Å²) in [6.07, 6.45) is 0. The van der Waals surface area contributed by atoms with Crippen molar-refractivity contribution in [1.82, 2.24) is 0 Å². The first-order valence-electron chi connectivity index (χ1n) is 5.35. The van der Waals surface area contributed by atoms with Crippen molar-refractivity contribution in [3.05, 3.63) is 53.6 Å². The summed E-state index contributed by atoms with van der Waals surface area (Å²) in [5.41, 5.74) is 11.1. The van der Waals surface area contributed by atoms with Crippen molar-refractivity contribution >= 4 is 17.1 Å². The molecule has 3 N–H and O–H groups in total. The molecule has 0 aliphatic carbocycles. The lowest BCUT2D eigenvalue weighted by molar-refractivity contribution is 1.38. The summed E-state index contributed by atoms with van der Waals surface area (Å²) in [6, 6.07) is 14.1. The molecule has 0 bridgehead atoms. The molecule has 0 radical (unpaired) electrons. The van der Waals surface area contributed by atoms with Crippen molar-refractivity contribution < 1.29 is 0 Å². The van der Waals surface area contributed by atoms with E-state index in [0.717, 1.165) is 17.1 Å². The highest BCUT2D eigenvalue weighted by molar-refractivity contribution is 5.65. The van der Waals surface area contributed by atoms with Crippen LogP contribution in [0.25, 0.3) is 0 Å². The highest BCUT2D eigenvalue weighted by Crippen LogP contribution is 2.22. The van der Waals surface area contributed by atoms with Crippen molar-refractivity contribution in [2.45, 2.75) is 13.8 Å². The van der Waals surface area contributed by atoms with Crippen molar-refractivity contribution in [3.8, 4) is 0 Å². The molecule has 0 spiro atoms. The Morgan fingerprint density at radius 2 is 1.62 bits per heavy atom. The van der Waals surface area contributed by atoms with Gasteiger partial charge in [0, 0.05) is 17.1 Å². The SMILES string of the molecule is Cc1ccc(C)c(Nc2ccc(N)cc2)c1. The van der Waals surface area contributed by atoms with Gasteiger partial charge in [-0.05, 0) is 55.3 Å². The Balaban J connectivity index is 2.26. The van der Waals surface area contributed by atoms with E-state index in [4.69, 9.17) is 5.73 Å². The van der Waals surface area contributed by atoms with E-state index >= 15 is 0 Å². The molecule has 0 aliphatic rings. The first kappa shape index (κ1) is 10.6. The van der Waals surface area contributed by atoms with Crippen LogP contribution >= 0.6 is 0 Å². The molecule has 2 aromatic carbocycles. The van der Waals surface area contributed by atoms with Crippen LogP contribution in [0.4, 0.5) is 17.1 Å². The summed E-state index contributed by atoms with van der Waals surface area (Å²) in [7, 11) is 0. The van der Waals surface area contributed by atoms with Crippen molar-refractivity contribution in [1.29, 1.82) is 0 Å². The molecule has 0 aliphatic heterocycles. The van der Waals surface area contributed by atoms with E-state index in [1.165, 1.54) is 11.1 Å². The van der Waals surface area contributed by atoms with Gasteiger partial charge >= 0.3 is 0 Å². The fourth-order valence-corrected chi connectivity index (χ4v) is 1.59. The predicted octanol–water partition coefficient (Wildman–Crippen LogP) is 3.63. The molecule has 0 heterocycles. The predicted molar refractivity (Wildman–Crippen MR) is 70.1 cm³/mol. The molecule has 0 aromatic heterocycles. The number of nitrogens with one attached hydrogen (secondary N) is 1. The lowest BCUT2D eigenvalue weighted by Crippen LogP contribution is -1.94. The Morgan fingerprint density at radius 1 is 0.938 bits per heavy atom. The van der Waals surface area contributed by atoms with Crippen LogP contribution in [0.1, 0.15) is 11.1 Å². The molecular formula is C14H16N2. The van der Waals surface area contributed by atoms with E-state index in [1.54, 1.807) is 0 Å². The van der Waals surface area contributed by atoms with Gasteiger partial charge in [-0.15, -0.1) is 0 Å². The standard InChI is InChI=1S/C14H16N2/c1-10-3-4-11(2)14(9-10)16-13-7-5-12(15)6-8-13/h3-9,16H,15H2,1-2H3. The van der Waals surface area contributed by atoms with Crippen LogP contribution in [0.3, 0.4) is 0 Å². The molecule has 0 amide bonds. The number of rotatable bonds is 2. The molecule has 0 saturated heterocycles. The van der Waals surface area contributed by atoms with Crippen molar-refractivity contribution in [2.75, 3.05) is 11.1 Å². The molecule has 82 valence electrons. The Bertz CT molecular complexity index is 487. The minimum atomic E-state index is 0.784. The highest BCUT2D eigenvalue weighted by atomic mass is 14.9. The summed E-state index contributed by atoms with van der Waals surface area (Å²) in [4.78, 5) is 0. The Kier molecular flexibility index (Phi) is 2.82. The van der Waals surface area contributed by atoms with Crippen LogP contribution in [0.5, 0.6) is 0 Å². The van der Waals surface area contributed by atoms with Gasteiger partial charge in [-0.3, -0.25) is 0 Å². The molecule has 2 rings (SSSR count). The molecular weight excluding hydrogens is 196 g/mol. The second-order valence-electron chi connectivity index (χ2n) is 4.07. The maximum atomic E-state index is 5.65. The molecule has 2 nitrogen and oxygen atoms in total. The van der Waals surface area contributed by atoms with Gasteiger partial charge in [0.15, 0.2) is 0 Å². The number of aryl methyl sites for hydroxylation is 2. The Hall–Kier alpha value is -1.96. The maximum Gasteiger partial charge on any atom is 0.0416 e. The van der Waals surface area contributed by atoms with Crippen LogP contribution in [0, 0.1) is 13.8 Å². The average Bonchev–Trinajstić information content (AvgIpc) is 2.27. The summed E-state index contributed by atoms with van der Waals surface area (Å²) in [5.74, 6) is 0. The lowest BCUT2D eigenvalue weighted by Gasteiger charge is -2.10. The van der Waals surface area contributed by atoms with Crippen LogP contribution in [0.2, 0.25) is 0 Å². The smallest absolute Gasteiger partial charge is 0.0416 e. The van der Waals surface area contributed by atoms with Crippen LogP contribution in [0.15, 0.2) is 42.5 Å². The lowest BCUT2D eigenvalue weighted by atomic mass is 10.1. The number of hydrogen-bond donors (Lipinski definition) is 2. The Morgan fingerprint density at radius 3 is 2.31 bits per heavy atom. The third-order valence-electron chi connectivity index (χ3n) is 2.58. The van der Waals surface area contributed by atoms with Crippen molar-refractivity contribution in [2.24, 2.45) is 0 Å². The zero-order valence-electron chi connectivity index (χ0n) is 9.62. The fraction of sp³-hybridized carbons (Fsp3) is 0.143. The van der Waals surface area contributed by atoms with Gasteiger partial charge in [0.25, 0.3) is 0 Å². The summed E-state index contributed by atoms with van der Waals surface area (Å²) in [6.45, 7) is 4.19. The van der Waals surface area contributed by atoms with Gasteiger partial charge in [-0.25, -0.2) is 0 Å². The molecule has 2 aromatic rings. The summed E-state index contributed by atoms with van der Waals surface area (Å²) < 4.78 is 0. The fourth-order valence-electron chi connectivity index (χ4n) is 1.59. The highest BCUT2D eigenvalue weighted by Gasteiger charge is 1.99. The number of nitrogens with two attached hydrogens (primary N) is 1. The summed E-state index contributed by atoms with van der Waals surface area (Å²) >= 11 is 0. The third kappa shape index (κ3) is 2.34. The van der Waals surface area contributed by atoms with Gasteiger partial charge in [-0.1, -0.05) is 12.1 Å². The van der Waals surface area contributed by atoms with Crippen LogP contribution in [-0.2, 0) is 0 Å².